The normalized spacial score (nSPS) is 16.4. The number of halogens is 1. The molecular weight excluding hydrogens is 369 g/mol. The second-order valence-corrected chi connectivity index (χ2v) is 7.09. The number of hydrogen-bond donors (Lipinski definition) is 0. The van der Waals surface area contributed by atoms with Crippen LogP contribution >= 0.6 is 0 Å². The topological polar surface area (TPSA) is 63.9 Å². The van der Waals surface area contributed by atoms with Crippen LogP contribution in [0.2, 0.25) is 0 Å². The Morgan fingerprint density at radius 1 is 1.07 bits per heavy atom. The van der Waals surface area contributed by atoms with Gasteiger partial charge in [-0.25, -0.2) is 14.4 Å². The van der Waals surface area contributed by atoms with Crippen LogP contribution in [0, 0.1) is 5.82 Å². The Hall–Kier alpha value is -3.61. The van der Waals surface area contributed by atoms with Crippen LogP contribution in [-0.4, -0.2) is 43.4 Å². The SMILES string of the molecule is O=C(c1cccnc1)N1CC[C@@H](n2c(-c3ccc(F)cc3)nc3cccnc32)C1. The number of pyridine rings is 2. The van der Waals surface area contributed by atoms with Crippen LogP contribution in [0.25, 0.3) is 22.6 Å². The fourth-order valence-corrected chi connectivity index (χ4v) is 3.89. The van der Waals surface area contributed by atoms with Gasteiger partial charge in [0.1, 0.15) is 17.2 Å². The molecule has 144 valence electrons. The molecule has 0 bridgehead atoms. The first kappa shape index (κ1) is 17.5. The number of carbonyl (C=O) groups excluding carboxylic acids is 1. The number of rotatable bonds is 3. The first-order valence-electron chi connectivity index (χ1n) is 9.49. The number of nitrogens with zero attached hydrogens (tertiary/aromatic N) is 5. The third-order valence-corrected chi connectivity index (χ3v) is 5.28. The lowest BCUT2D eigenvalue weighted by atomic mass is 10.2. The van der Waals surface area contributed by atoms with Crippen molar-refractivity contribution in [1.29, 1.82) is 0 Å². The summed E-state index contributed by atoms with van der Waals surface area (Å²) in [5.74, 6) is 0.421. The summed E-state index contributed by atoms with van der Waals surface area (Å²) in [7, 11) is 0. The average molecular weight is 387 g/mol. The summed E-state index contributed by atoms with van der Waals surface area (Å²) in [5, 5.41) is 0. The molecule has 1 aromatic carbocycles. The maximum absolute atomic E-state index is 13.4. The van der Waals surface area contributed by atoms with Gasteiger partial charge in [-0.2, -0.15) is 0 Å². The van der Waals surface area contributed by atoms with E-state index in [9.17, 15) is 9.18 Å². The van der Waals surface area contributed by atoms with Crippen molar-refractivity contribution < 1.29 is 9.18 Å². The summed E-state index contributed by atoms with van der Waals surface area (Å²) in [6.45, 7) is 1.21. The third-order valence-electron chi connectivity index (χ3n) is 5.28. The highest BCUT2D eigenvalue weighted by Crippen LogP contribution is 2.32. The first-order valence-corrected chi connectivity index (χ1v) is 9.49. The maximum atomic E-state index is 13.4. The lowest BCUT2D eigenvalue weighted by Gasteiger charge is -2.19. The number of fused-ring (bicyclic) bond motifs is 1. The molecule has 0 spiro atoms. The molecule has 1 aliphatic rings. The quantitative estimate of drug-likeness (QED) is 0.537. The standard InChI is InChI=1S/C22H18FN5O/c23-17-7-5-15(6-8-17)20-26-19-4-2-11-25-21(19)28(20)18-9-12-27(14-18)22(29)16-3-1-10-24-13-16/h1-8,10-11,13,18H,9,12,14H2/t18-/m1/s1. The van der Waals surface area contributed by atoms with Crippen molar-refractivity contribution in [2.75, 3.05) is 13.1 Å². The van der Waals surface area contributed by atoms with Gasteiger partial charge in [0.25, 0.3) is 5.91 Å². The van der Waals surface area contributed by atoms with Gasteiger partial charge in [-0.15, -0.1) is 0 Å². The Balaban J connectivity index is 1.52. The van der Waals surface area contributed by atoms with E-state index >= 15 is 0 Å². The van der Waals surface area contributed by atoms with Gasteiger partial charge in [-0.1, -0.05) is 0 Å². The van der Waals surface area contributed by atoms with Gasteiger partial charge < -0.3 is 9.47 Å². The highest BCUT2D eigenvalue weighted by atomic mass is 19.1. The largest absolute Gasteiger partial charge is 0.336 e. The van der Waals surface area contributed by atoms with E-state index in [2.05, 4.69) is 14.5 Å². The van der Waals surface area contributed by atoms with Crippen molar-refractivity contribution in [3.8, 4) is 11.4 Å². The number of carbonyl (C=O) groups is 1. The molecule has 5 rings (SSSR count). The van der Waals surface area contributed by atoms with Crippen LogP contribution in [0.15, 0.2) is 67.1 Å². The lowest BCUT2D eigenvalue weighted by Crippen LogP contribution is -2.29. The Morgan fingerprint density at radius 3 is 2.69 bits per heavy atom. The van der Waals surface area contributed by atoms with Crippen LogP contribution in [0.3, 0.4) is 0 Å². The number of hydrogen-bond acceptors (Lipinski definition) is 4. The molecule has 1 atom stereocenters. The molecule has 0 aliphatic carbocycles. The Bertz CT molecular complexity index is 1170. The smallest absolute Gasteiger partial charge is 0.255 e. The highest BCUT2D eigenvalue weighted by Gasteiger charge is 2.31. The predicted octanol–water partition coefficient (Wildman–Crippen LogP) is 3.72. The number of amides is 1. The van der Waals surface area contributed by atoms with Gasteiger partial charge in [-0.05, 0) is 55.0 Å². The van der Waals surface area contributed by atoms with Crippen LogP contribution in [0.5, 0.6) is 0 Å². The Labute approximate surface area is 166 Å². The monoisotopic (exact) mass is 387 g/mol. The van der Waals surface area contributed by atoms with Crippen LogP contribution < -0.4 is 0 Å². The summed E-state index contributed by atoms with van der Waals surface area (Å²) < 4.78 is 15.5. The zero-order valence-electron chi connectivity index (χ0n) is 15.6. The van der Waals surface area contributed by atoms with Gasteiger partial charge in [0, 0.05) is 37.2 Å². The Morgan fingerprint density at radius 2 is 1.90 bits per heavy atom. The lowest BCUT2D eigenvalue weighted by molar-refractivity contribution is 0.0787. The molecule has 0 saturated carbocycles. The van der Waals surface area contributed by atoms with Gasteiger partial charge in [0.15, 0.2) is 5.65 Å². The predicted molar refractivity (Wildman–Crippen MR) is 107 cm³/mol. The average Bonchev–Trinajstić information content (AvgIpc) is 3.39. The van der Waals surface area contributed by atoms with E-state index < -0.39 is 0 Å². The van der Waals surface area contributed by atoms with E-state index in [1.165, 1.54) is 12.1 Å². The zero-order chi connectivity index (χ0) is 19.8. The van der Waals surface area contributed by atoms with Crippen molar-refractivity contribution in [3.63, 3.8) is 0 Å². The molecule has 3 aromatic heterocycles. The van der Waals surface area contributed by atoms with Gasteiger partial charge >= 0.3 is 0 Å². The van der Waals surface area contributed by atoms with Crippen LogP contribution in [-0.2, 0) is 0 Å². The van der Waals surface area contributed by atoms with Crippen molar-refractivity contribution in [3.05, 3.63) is 78.5 Å². The minimum Gasteiger partial charge on any atom is -0.336 e. The van der Waals surface area contributed by atoms with E-state index in [0.29, 0.717) is 18.7 Å². The van der Waals surface area contributed by atoms with Gasteiger partial charge in [0.05, 0.1) is 11.6 Å². The van der Waals surface area contributed by atoms with E-state index in [-0.39, 0.29) is 17.8 Å². The molecule has 4 heterocycles. The number of likely N-dealkylation sites (tertiary alicyclic amines) is 1. The second-order valence-electron chi connectivity index (χ2n) is 7.09. The molecule has 1 fully saturated rings. The third kappa shape index (κ3) is 3.14. The molecule has 1 aliphatic heterocycles. The molecular formula is C22H18FN5O. The molecule has 1 amide bonds. The van der Waals surface area contributed by atoms with E-state index in [0.717, 1.165) is 29.0 Å². The fourth-order valence-electron chi connectivity index (χ4n) is 3.89. The number of aromatic nitrogens is 4. The summed E-state index contributed by atoms with van der Waals surface area (Å²) in [4.78, 5) is 28.0. The van der Waals surface area contributed by atoms with Crippen molar-refractivity contribution >= 4 is 17.1 Å². The summed E-state index contributed by atoms with van der Waals surface area (Å²) in [5.41, 5.74) is 2.96. The first-order chi connectivity index (χ1) is 14.2. The molecule has 6 nitrogen and oxygen atoms in total. The summed E-state index contributed by atoms with van der Waals surface area (Å²) in [6.07, 6.45) is 5.78. The number of imidazole rings is 1. The van der Waals surface area contributed by atoms with Crippen molar-refractivity contribution in [2.45, 2.75) is 12.5 Å². The van der Waals surface area contributed by atoms with Gasteiger partial charge in [-0.3, -0.25) is 9.78 Å². The van der Waals surface area contributed by atoms with E-state index in [1.54, 1.807) is 42.9 Å². The van der Waals surface area contributed by atoms with E-state index in [1.807, 2.05) is 17.0 Å². The zero-order valence-corrected chi connectivity index (χ0v) is 15.6. The van der Waals surface area contributed by atoms with Crippen molar-refractivity contribution in [2.24, 2.45) is 0 Å². The molecule has 0 N–H and O–H groups in total. The molecule has 29 heavy (non-hydrogen) atoms. The minimum absolute atomic E-state index is 0.0266. The summed E-state index contributed by atoms with van der Waals surface area (Å²) >= 11 is 0. The van der Waals surface area contributed by atoms with Gasteiger partial charge in [0.2, 0.25) is 0 Å². The maximum Gasteiger partial charge on any atom is 0.255 e. The molecule has 4 aromatic rings. The molecule has 1 saturated heterocycles. The summed E-state index contributed by atoms with van der Waals surface area (Å²) in [6, 6.07) is 13.7. The minimum atomic E-state index is -0.288. The van der Waals surface area contributed by atoms with E-state index in [4.69, 9.17) is 4.98 Å². The van der Waals surface area contributed by atoms with Crippen LogP contribution in [0.4, 0.5) is 4.39 Å². The van der Waals surface area contributed by atoms with Crippen LogP contribution in [0.1, 0.15) is 22.8 Å². The number of benzene rings is 1. The molecule has 0 unspecified atom stereocenters. The van der Waals surface area contributed by atoms with Crippen molar-refractivity contribution in [1.82, 2.24) is 24.4 Å². The molecule has 7 heteroatoms. The molecule has 0 radical (unpaired) electrons. The highest BCUT2D eigenvalue weighted by molar-refractivity contribution is 5.94. The second kappa shape index (κ2) is 7.09. The Kier molecular flexibility index (Phi) is 4.27. The fraction of sp³-hybridized carbons (Fsp3) is 0.182.